The molecule has 0 aromatic rings. The van der Waals surface area contributed by atoms with Gasteiger partial charge in [-0.25, -0.2) is 0 Å². The molecule has 0 unspecified atom stereocenters. The molecule has 0 aromatic heterocycles. The van der Waals surface area contributed by atoms with Gasteiger partial charge in [0.1, 0.15) is 0 Å². The Labute approximate surface area is 167 Å². The Kier molecular flexibility index (Phi) is 7.15. The van der Waals surface area contributed by atoms with Crippen LogP contribution in [0.4, 0.5) is 0 Å². The van der Waals surface area contributed by atoms with E-state index >= 15 is 0 Å². The third kappa shape index (κ3) is 3.43. The zero-order valence-corrected chi connectivity index (χ0v) is 18.9. The van der Waals surface area contributed by atoms with E-state index in [1.54, 1.807) is 28.9 Å². The van der Waals surface area contributed by atoms with Crippen molar-refractivity contribution in [3.8, 4) is 0 Å². The van der Waals surface area contributed by atoms with E-state index in [1.165, 1.54) is 51.4 Å². The second-order valence-corrected chi connectivity index (χ2v) is 12.8. The summed E-state index contributed by atoms with van der Waals surface area (Å²) in [5.41, 5.74) is 6.98. The zero-order valence-electron chi connectivity index (χ0n) is 14.9. The minimum atomic E-state index is -1.84. The standard InChI is InChI=1S/2C10H13.CH2.2ClH.Zr/c2*1-8-6-7-9-4-2-3-5-10(8)9;;;;/h2*7-8H,2-5H2,1H3;1H2;2*1H;/q;;;;;+2/p-2/t2*8-;;;;/m10..../s1. The van der Waals surface area contributed by atoms with Crippen LogP contribution in [0, 0.1) is 11.8 Å². The van der Waals surface area contributed by atoms with E-state index in [0.29, 0.717) is 0 Å². The first kappa shape index (κ1) is 20.6. The topological polar surface area (TPSA) is 0 Å². The molecular formula is C21H28Cl2Zr. The molecule has 0 N–H and O–H groups in total. The summed E-state index contributed by atoms with van der Waals surface area (Å²) in [4.78, 5) is 0. The average Bonchev–Trinajstić information content (AvgIpc) is 3.06. The fourth-order valence-corrected chi connectivity index (χ4v) is 11.0. The van der Waals surface area contributed by atoms with Crippen molar-refractivity contribution in [1.82, 2.24) is 0 Å². The van der Waals surface area contributed by atoms with Crippen molar-refractivity contribution in [2.75, 3.05) is 0 Å². The van der Waals surface area contributed by atoms with Gasteiger partial charge in [0.15, 0.2) is 0 Å². The fraction of sp³-hybridized carbons (Fsp3) is 0.571. The van der Waals surface area contributed by atoms with E-state index in [9.17, 15) is 0 Å². The number of rotatable bonds is 2. The van der Waals surface area contributed by atoms with Crippen molar-refractivity contribution < 1.29 is 46.1 Å². The maximum atomic E-state index is 4.83. The smallest absolute Gasteiger partial charge is 1.00 e. The predicted molar refractivity (Wildman–Crippen MR) is 92.6 cm³/mol. The molecule has 0 fully saturated rings. The quantitative estimate of drug-likeness (QED) is 0.558. The summed E-state index contributed by atoms with van der Waals surface area (Å²) in [6.45, 7) is 4.94. The van der Waals surface area contributed by atoms with Crippen LogP contribution in [-0.2, 0) is 21.3 Å². The van der Waals surface area contributed by atoms with Crippen LogP contribution in [0.25, 0.3) is 0 Å². The van der Waals surface area contributed by atoms with Crippen LogP contribution in [0.1, 0.15) is 65.2 Å². The Bertz CT molecular complexity index is 607. The Balaban J connectivity index is 0.00000104. The number of hydrogen-bond donors (Lipinski definition) is 0. The van der Waals surface area contributed by atoms with Crippen molar-refractivity contribution in [3.63, 3.8) is 0 Å². The van der Waals surface area contributed by atoms with Crippen LogP contribution in [0.15, 0.2) is 41.0 Å². The maximum absolute atomic E-state index is 4.83. The Morgan fingerprint density at radius 2 is 1.12 bits per heavy atom. The monoisotopic (exact) mass is 440 g/mol. The van der Waals surface area contributed by atoms with Gasteiger partial charge in [0, 0.05) is 0 Å². The first-order valence-corrected chi connectivity index (χ1v) is 13.4. The fourth-order valence-electron chi connectivity index (χ4n) is 5.09. The summed E-state index contributed by atoms with van der Waals surface area (Å²) in [6.07, 6.45) is 16.3. The molecule has 4 aliphatic rings. The summed E-state index contributed by atoms with van der Waals surface area (Å²) >= 11 is -1.84. The molecule has 0 saturated carbocycles. The van der Waals surface area contributed by atoms with Gasteiger partial charge in [-0.1, -0.05) is 0 Å². The van der Waals surface area contributed by atoms with Crippen molar-refractivity contribution in [2.24, 2.45) is 11.8 Å². The molecule has 0 amide bonds. The average molecular weight is 443 g/mol. The second-order valence-electron chi connectivity index (χ2n) is 7.64. The van der Waals surface area contributed by atoms with Crippen LogP contribution in [-0.4, -0.2) is 4.21 Å². The summed E-state index contributed by atoms with van der Waals surface area (Å²) in [5, 5.41) is 0. The van der Waals surface area contributed by atoms with Gasteiger partial charge in [0.25, 0.3) is 0 Å². The summed E-state index contributed by atoms with van der Waals surface area (Å²) < 4.78 is 8.42. The molecule has 4 aliphatic carbocycles. The van der Waals surface area contributed by atoms with E-state index in [4.69, 9.17) is 4.21 Å². The molecule has 24 heavy (non-hydrogen) atoms. The molecule has 2 atom stereocenters. The minimum absolute atomic E-state index is 0. The van der Waals surface area contributed by atoms with E-state index < -0.39 is 21.3 Å². The van der Waals surface area contributed by atoms with Gasteiger partial charge in [-0.2, -0.15) is 0 Å². The number of halogens is 2. The Morgan fingerprint density at radius 1 is 0.750 bits per heavy atom. The largest absolute Gasteiger partial charge is 1.00 e. The van der Waals surface area contributed by atoms with Crippen LogP contribution >= 0.6 is 0 Å². The zero-order chi connectivity index (χ0) is 15.3. The number of allylic oxidation sites excluding steroid dienone is 8. The third-order valence-electron chi connectivity index (χ3n) is 6.44. The predicted octanol–water partition coefficient (Wildman–Crippen LogP) is -0.147. The van der Waals surface area contributed by atoms with Gasteiger partial charge in [-0.05, 0) is 0 Å². The molecule has 0 aromatic carbocycles. The van der Waals surface area contributed by atoms with Crippen LogP contribution < -0.4 is 24.8 Å². The normalized spacial score (nSPS) is 28.0. The van der Waals surface area contributed by atoms with E-state index in [0.717, 1.165) is 11.8 Å². The van der Waals surface area contributed by atoms with Crippen molar-refractivity contribution >= 4 is 4.21 Å². The summed E-state index contributed by atoms with van der Waals surface area (Å²) in [6, 6.07) is 0. The third-order valence-corrected chi connectivity index (χ3v) is 12.7. The summed E-state index contributed by atoms with van der Waals surface area (Å²) in [5.74, 6) is 1.46. The molecular weight excluding hydrogens is 414 g/mol. The summed E-state index contributed by atoms with van der Waals surface area (Å²) in [7, 11) is 0. The molecule has 4 rings (SSSR count). The SMILES string of the molecule is [CH2]=[Zr+2]([C]1=CC2=C(CCCC2)[C@@H]1C)[C]1=CC2=C(CCCC2)[C@H]1C.[Cl-].[Cl-]. The first-order valence-electron chi connectivity index (χ1n) is 9.23. The Hall–Kier alpha value is 0.293. The molecule has 0 spiro atoms. The van der Waals surface area contributed by atoms with Gasteiger partial charge in [-0.3, -0.25) is 0 Å². The van der Waals surface area contributed by atoms with Gasteiger partial charge in [0.2, 0.25) is 0 Å². The van der Waals surface area contributed by atoms with E-state index in [2.05, 4.69) is 26.0 Å². The van der Waals surface area contributed by atoms with Gasteiger partial charge >= 0.3 is 144 Å². The molecule has 0 radical (unpaired) electrons. The first-order chi connectivity index (χ1) is 10.7. The molecule has 130 valence electrons. The Morgan fingerprint density at radius 3 is 1.50 bits per heavy atom. The van der Waals surface area contributed by atoms with Crippen LogP contribution in [0.3, 0.4) is 0 Å². The second kappa shape index (κ2) is 8.32. The minimum Gasteiger partial charge on any atom is -1.00 e. The molecule has 0 heterocycles. The van der Waals surface area contributed by atoms with Gasteiger partial charge in [0.05, 0.1) is 0 Å². The molecule has 0 aliphatic heterocycles. The van der Waals surface area contributed by atoms with Gasteiger partial charge < -0.3 is 24.8 Å². The molecule has 0 bridgehead atoms. The van der Waals surface area contributed by atoms with E-state index in [-0.39, 0.29) is 24.8 Å². The molecule has 0 nitrogen and oxygen atoms in total. The van der Waals surface area contributed by atoms with Crippen molar-refractivity contribution in [2.45, 2.75) is 65.2 Å². The van der Waals surface area contributed by atoms with Gasteiger partial charge in [-0.15, -0.1) is 0 Å². The van der Waals surface area contributed by atoms with Crippen molar-refractivity contribution in [1.29, 1.82) is 0 Å². The van der Waals surface area contributed by atoms with E-state index in [1.807, 2.05) is 0 Å². The van der Waals surface area contributed by atoms with Crippen molar-refractivity contribution in [3.05, 3.63) is 41.0 Å². The van der Waals surface area contributed by atoms with Crippen LogP contribution in [0.5, 0.6) is 0 Å². The molecule has 0 saturated heterocycles. The van der Waals surface area contributed by atoms with Crippen LogP contribution in [0.2, 0.25) is 0 Å². The molecule has 3 heteroatoms. The maximum Gasteiger partial charge on any atom is -1.00 e. The number of hydrogen-bond acceptors (Lipinski definition) is 0.